The Bertz CT molecular complexity index is 4720. The van der Waals surface area contributed by atoms with E-state index in [4.69, 9.17) is 0 Å². The highest BCUT2D eigenvalue weighted by Crippen LogP contribution is 2.47. The summed E-state index contributed by atoms with van der Waals surface area (Å²) in [4.78, 5) is 4.89. The van der Waals surface area contributed by atoms with Gasteiger partial charge in [-0.05, 0) is 174 Å². The number of fused-ring (bicyclic) bond motifs is 6. The molecule has 0 unspecified atom stereocenters. The van der Waals surface area contributed by atoms with E-state index in [1.54, 1.807) is 0 Å². The molecule has 0 aliphatic rings. The molecule has 15 aromatic rings. The summed E-state index contributed by atoms with van der Waals surface area (Å²) in [5.41, 5.74) is 21.3. The summed E-state index contributed by atoms with van der Waals surface area (Å²) in [5.74, 6) is 0. The Morgan fingerprint density at radius 1 is 0.193 bits per heavy atom. The second kappa shape index (κ2) is 21.2. The van der Waals surface area contributed by atoms with Crippen LogP contribution in [0.15, 0.2) is 334 Å². The van der Waals surface area contributed by atoms with Crippen molar-refractivity contribution in [3.63, 3.8) is 0 Å². The Morgan fingerprint density at radius 2 is 0.590 bits per heavy atom. The standard InChI is InChI=1S/C80H55N3/c1-5-20-56(21-6-1)59-36-42-67(43-37-59)81(68-44-38-60(39-45-68)57-22-7-2-8-23-57)71-51-65(78-53-64-26-13-14-31-73(64)74-32-15-16-33-75(74)78)52-72(54-71)82(69-46-40-61(41-47-69)63-28-19-27-62(50-63)58-24-9-3-10-25-58)70-48-49-77-76-34-17-18-35-79(76)83(80(77)55-70)66-29-11-4-12-30-66/h1-55H. The van der Waals surface area contributed by atoms with E-state index in [1.165, 1.54) is 60.1 Å². The first-order chi connectivity index (χ1) is 41.1. The van der Waals surface area contributed by atoms with Crippen molar-refractivity contribution in [1.29, 1.82) is 0 Å². The summed E-state index contributed by atoms with van der Waals surface area (Å²) < 4.78 is 2.41. The maximum absolute atomic E-state index is 2.46. The number of hydrogen-bond donors (Lipinski definition) is 0. The van der Waals surface area contributed by atoms with E-state index >= 15 is 0 Å². The normalized spacial score (nSPS) is 11.4. The molecule has 0 radical (unpaired) electrons. The van der Waals surface area contributed by atoms with Crippen molar-refractivity contribution in [2.45, 2.75) is 0 Å². The van der Waals surface area contributed by atoms with E-state index < -0.39 is 0 Å². The van der Waals surface area contributed by atoms with Crippen molar-refractivity contribution >= 4 is 77.5 Å². The maximum Gasteiger partial charge on any atom is 0.0561 e. The zero-order chi connectivity index (χ0) is 55.1. The van der Waals surface area contributed by atoms with E-state index in [0.29, 0.717) is 0 Å². The van der Waals surface area contributed by atoms with Crippen LogP contribution in [0.25, 0.3) is 105 Å². The van der Waals surface area contributed by atoms with E-state index in [1.807, 2.05) is 0 Å². The van der Waals surface area contributed by atoms with Gasteiger partial charge in [-0.2, -0.15) is 0 Å². The van der Waals surface area contributed by atoms with E-state index in [0.717, 1.165) is 78.7 Å². The summed E-state index contributed by atoms with van der Waals surface area (Å²) >= 11 is 0. The van der Waals surface area contributed by atoms with Crippen LogP contribution in [-0.2, 0) is 0 Å². The summed E-state index contributed by atoms with van der Waals surface area (Å²) in [6.07, 6.45) is 0. The molecular weight excluding hydrogens is 1000 g/mol. The first kappa shape index (κ1) is 49.1. The van der Waals surface area contributed by atoms with Crippen LogP contribution in [0.5, 0.6) is 0 Å². The Hall–Kier alpha value is -11.0. The Balaban J connectivity index is 0.987. The maximum atomic E-state index is 2.46. The molecule has 0 aliphatic heterocycles. The third-order valence-corrected chi connectivity index (χ3v) is 16.3. The summed E-state index contributed by atoms with van der Waals surface area (Å²) in [6, 6.07) is 122. The SMILES string of the molecule is c1ccc(-c2ccc(N(c3ccc(-c4ccccc4)cc3)c3cc(-c4cc5ccccc5c5ccccc45)cc(N(c4ccc(-c5cccc(-c6ccccc6)c5)cc4)c4ccc5c6ccccc6n(-c6ccccc6)c5c4)c3)cc2)cc1. The van der Waals surface area contributed by atoms with Crippen molar-refractivity contribution in [2.75, 3.05) is 9.80 Å². The average Bonchev–Trinajstić information content (AvgIpc) is 4.03. The molecule has 0 bridgehead atoms. The molecule has 3 nitrogen and oxygen atoms in total. The van der Waals surface area contributed by atoms with E-state index in [9.17, 15) is 0 Å². The first-order valence-electron chi connectivity index (χ1n) is 28.5. The molecule has 1 heterocycles. The number of benzene rings is 14. The van der Waals surface area contributed by atoms with E-state index in [-0.39, 0.29) is 0 Å². The number of para-hydroxylation sites is 2. The number of hydrogen-bond acceptors (Lipinski definition) is 2. The van der Waals surface area contributed by atoms with Crippen LogP contribution in [0.1, 0.15) is 0 Å². The summed E-state index contributed by atoms with van der Waals surface area (Å²) in [6.45, 7) is 0. The topological polar surface area (TPSA) is 11.4 Å². The lowest BCUT2D eigenvalue weighted by molar-refractivity contribution is 1.18. The van der Waals surface area contributed by atoms with Crippen molar-refractivity contribution in [3.05, 3.63) is 334 Å². The minimum atomic E-state index is 1.02. The van der Waals surface area contributed by atoms with Gasteiger partial charge in [0.25, 0.3) is 0 Å². The molecule has 0 atom stereocenters. The fourth-order valence-electron chi connectivity index (χ4n) is 12.3. The Morgan fingerprint density at radius 3 is 1.16 bits per heavy atom. The number of rotatable bonds is 12. The van der Waals surface area contributed by atoms with Crippen LogP contribution < -0.4 is 9.80 Å². The number of nitrogens with zero attached hydrogens (tertiary/aromatic N) is 3. The lowest BCUT2D eigenvalue weighted by Crippen LogP contribution is -2.14. The second-order valence-electron chi connectivity index (χ2n) is 21.3. The van der Waals surface area contributed by atoms with Gasteiger partial charge in [0.05, 0.1) is 11.0 Å². The molecule has 0 saturated heterocycles. The molecule has 0 saturated carbocycles. The fraction of sp³-hybridized carbons (Fsp3) is 0. The van der Waals surface area contributed by atoms with Crippen molar-refractivity contribution in [3.8, 4) is 61.3 Å². The zero-order valence-corrected chi connectivity index (χ0v) is 45.6. The van der Waals surface area contributed by atoms with Gasteiger partial charge in [-0.1, -0.05) is 237 Å². The Labute approximate surface area is 484 Å². The highest BCUT2D eigenvalue weighted by Gasteiger charge is 2.23. The zero-order valence-electron chi connectivity index (χ0n) is 45.6. The highest BCUT2D eigenvalue weighted by molar-refractivity contribution is 6.14. The number of anilines is 6. The van der Waals surface area contributed by atoms with Gasteiger partial charge in [0.15, 0.2) is 0 Å². The molecule has 0 fully saturated rings. The summed E-state index contributed by atoms with van der Waals surface area (Å²) in [7, 11) is 0. The summed E-state index contributed by atoms with van der Waals surface area (Å²) in [5, 5.41) is 7.26. The Kier molecular flexibility index (Phi) is 12.6. The van der Waals surface area contributed by atoms with Gasteiger partial charge in [-0.25, -0.2) is 0 Å². The van der Waals surface area contributed by atoms with Gasteiger partial charge >= 0.3 is 0 Å². The van der Waals surface area contributed by atoms with Crippen molar-refractivity contribution in [2.24, 2.45) is 0 Å². The largest absolute Gasteiger partial charge is 0.310 e. The van der Waals surface area contributed by atoms with Crippen LogP contribution in [0, 0.1) is 0 Å². The van der Waals surface area contributed by atoms with Gasteiger partial charge in [-0.3, -0.25) is 0 Å². The predicted molar refractivity (Wildman–Crippen MR) is 352 cm³/mol. The smallest absolute Gasteiger partial charge is 0.0561 e. The minimum absolute atomic E-state index is 1.02. The monoisotopic (exact) mass is 1060 g/mol. The molecule has 0 N–H and O–H groups in total. The van der Waals surface area contributed by atoms with Crippen LogP contribution in [0.4, 0.5) is 34.1 Å². The fourth-order valence-corrected chi connectivity index (χ4v) is 12.3. The molecule has 15 rings (SSSR count). The molecule has 0 spiro atoms. The van der Waals surface area contributed by atoms with E-state index in [2.05, 4.69) is 348 Å². The highest BCUT2D eigenvalue weighted by atomic mass is 15.2. The first-order valence-corrected chi connectivity index (χ1v) is 28.5. The molecule has 0 aliphatic carbocycles. The van der Waals surface area contributed by atoms with Crippen molar-refractivity contribution < 1.29 is 0 Å². The van der Waals surface area contributed by atoms with Gasteiger partial charge in [0.1, 0.15) is 0 Å². The van der Waals surface area contributed by atoms with Crippen LogP contribution >= 0.6 is 0 Å². The molecule has 14 aromatic carbocycles. The molecule has 390 valence electrons. The predicted octanol–water partition coefficient (Wildman–Crippen LogP) is 22.4. The lowest BCUT2D eigenvalue weighted by Gasteiger charge is -2.31. The van der Waals surface area contributed by atoms with Crippen LogP contribution in [0.2, 0.25) is 0 Å². The number of aromatic nitrogens is 1. The minimum Gasteiger partial charge on any atom is -0.310 e. The molecule has 83 heavy (non-hydrogen) atoms. The molecule has 3 heteroatoms. The second-order valence-corrected chi connectivity index (χ2v) is 21.3. The van der Waals surface area contributed by atoms with Crippen molar-refractivity contribution in [1.82, 2.24) is 4.57 Å². The molecule has 1 aromatic heterocycles. The van der Waals surface area contributed by atoms with Gasteiger partial charge < -0.3 is 14.4 Å². The third kappa shape index (κ3) is 9.27. The van der Waals surface area contributed by atoms with Crippen LogP contribution in [0.3, 0.4) is 0 Å². The quantitative estimate of drug-likeness (QED) is 0.113. The average molecular weight is 1060 g/mol. The van der Waals surface area contributed by atoms with Gasteiger partial charge in [0, 0.05) is 50.6 Å². The van der Waals surface area contributed by atoms with Crippen LogP contribution in [-0.4, -0.2) is 4.57 Å². The van der Waals surface area contributed by atoms with Gasteiger partial charge in [-0.15, -0.1) is 0 Å². The molecular formula is C80H55N3. The van der Waals surface area contributed by atoms with Gasteiger partial charge in [0.2, 0.25) is 0 Å². The third-order valence-electron chi connectivity index (χ3n) is 16.3. The molecule has 0 amide bonds. The lowest BCUT2D eigenvalue weighted by atomic mass is 9.92.